The molecule has 0 fully saturated rings. The van der Waals surface area contributed by atoms with Crippen molar-refractivity contribution in [3.63, 3.8) is 0 Å². The van der Waals surface area contributed by atoms with Crippen LogP contribution in [0.25, 0.3) is 0 Å². The summed E-state index contributed by atoms with van der Waals surface area (Å²) in [5, 5.41) is 5.39. The van der Waals surface area contributed by atoms with E-state index in [1.807, 2.05) is 6.92 Å². The van der Waals surface area contributed by atoms with Crippen molar-refractivity contribution in [2.75, 3.05) is 11.9 Å². The summed E-state index contributed by atoms with van der Waals surface area (Å²) in [5.74, 6) is -1.16. The molecule has 0 saturated heterocycles. The zero-order valence-electron chi connectivity index (χ0n) is 13.0. The van der Waals surface area contributed by atoms with Gasteiger partial charge in [-0.1, -0.05) is 12.1 Å². The van der Waals surface area contributed by atoms with E-state index in [-0.39, 0.29) is 11.5 Å². The Labute approximate surface area is 133 Å². The minimum absolute atomic E-state index is 0.0225. The lowest BCUT2D eigenvalue weighted by Crippen LogP contribution is -2.26. The van der Waals surface area contributed by atoms with Crippen molar-refractivity contribution in [3.05, 3.63) is 59.2 Å². The third-order valence-electron chi connectivity index (χ3n) is 3.43. The molecule has 6 heteroatoms. The summed E-state index contributed by atoms with van der Waals surface area (Å²) in [5.41, 5.74) is 2.48. The van der Waals surface area contributed by atoms with Crippen molar-refractivity contribution < 1.29 is 14.0 Å². The van der Waals surface area contributed by atoms with Gasteiger partial charge in [-0.3, -0.25) is 14.6 Å². The predicted octanol–water partition coefficient (Wildman–Crippen LogP) is 2.46. The van der Waals surface area contributed by atoms with Gasteiger partial charge in [0.05, 0.1) is 17.4 Å². The van der Waals surface area contributed by atoms with Crippen LogP contribution in [0.2, 0.25) is 0 Å². The fraction of sp³-hybridized carbons (Fsp3) is 0.235. The van der Waals surface area contributed by atoms with Crippen LogP contribution in [-0.2, 0) is 11.2 Å². The summed E-state index contributed by atoms with van der Waals surface area (Å²) >= 11 is 0. The van der Waals surface area contributed by atoms with Crippen LogP contribution in [-0.4, -0.2) is 23.3 Å². The number of benzene rings is 1. The van der Waals surface area contributed by atoms with E-state index in [4.69, 9.17) is 0 Å². The molecule has 0 unspecified atom stereocenters. The molecule has 2 amide bonds. The fourth-order valence-electron chi connectivity index (χ4n) is 2.19. The van der Waals surface area contributed by atoms with E-state index < -0.39 is 11.7 Å². The molecule has 0 bridgehead atoms. The van der Waals surface area contributed by atoms with Gasteiger partial charge in [0.15, 0.2) is 0 Å². The summed E-state index contributed by atoms with van der Waals surface area (Å²) in [6, 6.07) is 5.84. The molecular formula is C17H18FN3O2. The minimum Gasteiger partial charge on any atom is -0.352 e. The second-order valence-corrected chi connectivity index (χ2v) is 5.14. The maximum atomic E-state index is 13.5. The van der Waals surface area contributed by atoms with Gasteiger partial charge in [-0.25, -0.2) is 4.39 Å². The van der Waals surface area contributed by atoms with E-state index in [1.54, 1.807) is 18.5 Å². The van der Waals surface area contributed by atoms with Crippen LogP contribution >= 0.6 is 0 Å². The van der Waals surface area contributed by atoms with Crippen LogP contribution < -0.4 is 10.6 Å². The third-order valence-corrected chi connectivity index (χ3v) is 3.43. The van der Waals surface area contributed by atoms with Crippen LogP contribution in [0.4, 0.5) is 10.1 Å². The monoisotopic (exact) mass is 315 g/mol. The van der Waals surface area contributed by atoms with Gasteiger partial charge in [0.1, 0.15) is 5.82 Å². The molecule has 0 aliphatic carbocycles. The standard InChI is InChI=1S/C17H18FN3O2/c1-11-13(9-19-10-16(11)21-12(2)22)7-8-20-17(23)14-5-3-4-6-15(14)18/h3-6,9-10H,7-8H2,1-2H3,(H,20,23)(H,21,22). The molecular weight excluding hydrogens is 297 g/mol. The second kappa shape index (κ2) is 7.49. The van der Waals surface area contributed by atoms with Gasteiger partial charge in [0.2, 0.25) is 5.91 Å². The first-order chi connectivity index (χ1) is 11.0. The van der Waals surface area contributed by atoms with Gasteiger partial charge in [-0.15, -0.1) is 0 Å². The summed E-state index contributed by atoms with van der Waals surface area (Å²) in [6.45, 7) is 3.65. The lowest BCUT2D eigenvalue weighted by molar-refractivity contribution is -0.114. The number of carbonyl (C=O) groups is 2. The molecule has 1 aromatic carbocycles. The maximum absolute atomic E-state index is 13.5. The highest BCUT2D eigenvalue weighted by Gasteiger charge is 2.11. The summed E-state index contributed by atoms with van der Waals surface area (Å²) in [7, 11) is 0. The smallest absolute Gasteiger partial charge is 0.254 e. The van der Waals surface area contributed by atoms with Crippen molar-refractivity contribution in [1.82, 2.24) is 10.3 Å². The normalized spacial score (nSPS) is 10.2. The number of rotatable bonds is 5. The Bertz CT molecular complexity index is 732. The van der Waals surface area contributed by atoms with Crippen molar-refractivity contribution in [2.45, 2.75) is 20.3 Å². The van der Waals surface area contributed by atoms with Crippen LogP contribution in [0.5, 0.6) is 0 Å². The molecule has 0 spiro atoms. The second-order valence-electron chi connectivity index (χ2n) is 5.14. The third kappa shape index (κ3) is 4.35. The number of anilines is 1. The zero-order valence-corrected chi connectivity index (χ0v) is 13.0. The number of nitrogens with one attached hydrogen (secondary N) is 2. The number of hydrogen-bond acceptors (Lipinski definition) is 3. The largest absolute Gasteiger partial charge is 0.352 e. The highest BCUT2D eigenvalue weighted by atomic mass is 19.1. The molecule has 1 aromatic heterocycles. The predicted molar refractivity (Wildman–Crippen MR) is 85.7 cm³/mol. The minimum atomic E-state index is -0.546. The lowest BCUT2D eigenvalue weighted by Gasteiger charge is -2.11. The van der Waals surface area contributed by atoms with Crippen molar-refractivity contribution in [1.29, 1.82) is 0 Å². The summed E-state index contributed by atoms with van der Waals surface area (Å²) < 4.78 is 13.5. The molecule has 0 aliphatic heterocycles. The quantitative estimate of drug-likeness (QED) is 0.890. The van der Waals surface area contributed by atoms with Gasteiger partial charge in [-0.05, 0) is 36.6 Å². The summed E-state index contributed by atoms with van der Waals surface area (Å²) in [6.07, 6.45) is 3.81. The fourth-order valence-corrected chi connectivity index (χ4v) is 2.19. The van der Waals surface area contributed by atoms with Crippen molar-refractivity contribution in [3.8, 4) is 0 Å². The van der Waals surface area contributed by atoms with Crippen LogP contribution in [0, 0.1) is 12.7 Å². The molecule has 5 nitrogen and oxygen atoms in total. The van der Waals surface area contributed by atoms with E-state index in [0.29, 0.717) is 18.7 Å². The summed E-state index contributed by atoms with van der Waals surface area (Å²) in [4.78, 5) is 27.1. The van der Waals surface area contributed by atoms with E-state index in [0.717, 1.165) is 11.1 Å². The number of pyridine rings is 1. The first-order valence-electron chi connectivity index (χ1n) is 7.23. The van der Waals surface area contributed by atoms with Gasteiger partial charge in [-0.2, -0.15) is 0 Å². The Kier molecular flexibility index (Phi) is 5.41. The number of nitrogens with zero attached hydrogens (tertiary/aromatic N) is 1. The van der Waals surface area contributed by atoms with Gasteiger partial charge in [0.25, 0.3) is 5.91 Å². The molecule has 120 valence electrons. The van der Waals surface area contributed by atoms with Gasteiger partial charge < -0.3 is 10.6 Å². The zero-order chi connectivity index (χ0) is 16.8. The molecule has 0 saturated carbocycles. The van der Waals surface area contributed by atoms with Gasteiger partial charge in [0, 0.05) is 19.7 Å². The highest BCUT2D eigenvalue weighted by Crippen LogP contribution is 2.17. The molecule has 2 aromatic rings. The molecule has 2 N–H and O–H groups in total. The highest BCUT2D eigenvalue weighted by molar-refractivity contribution is 5.94. The lowest BCUT2D eigenvalue weighted by atomic mass is 10.1. The molecule has 0 aliphatic rings. The number of halogens is 1. The number of carbonyl (C=O) groups excluding carboxylic acids is 2. The first-order valence-corrected chi connectivity index (χ1v) is 7.23. The van der Waals surface area contributed by atoms with E-state index in [9.17, 15) is 14.0 Å². The number of hydrogen-bond donors (Lipinski definition) is 2. The average Bonchev–Trinajstić information content (AvgIpc) is 2.50. The Morgan fingerprint density at radius 1 is 1.22 bits per heavy atom. The number of aromatic nitrogens is 1. The Morgan fingerprint density at radius 3 is 2.65 bits per heavy atom. The van der Waals surface area contributed by atoms with Crippen molar-refractivity contribution >= 4 is 17.5 Å². The van der Waals surface area contributed by atoms with E-state index in [1.165, 1.54) is 25.1 Å². The number of amides is 2. The van der Waals surface area contributed by atoms with Crippen LogP contribution in [0.15, 0.2) is 36.7 Å². The van der Waals surface area contributed by atoms with Crippen LogP contribution in [0.1, 0.15) is 28.4 Å². The molecule has 0 atom stereocenters. The topological polar surface area (TPSA) is 71.1 Å². The Hall–Kier alpha value is -2.76. The Morgan fingerprint density at radius 2 is 1.96 bits per heavy atom. The Balaban J connectivity index is 1.98. The molecule has 2 rings (SSSR count). The maximum Gasteiger partial charge on any atom is 0.254 e. The average molecular weight is 315 g/mol. The SMILES string of the molecule is CC(=O)Nc1cncc(CCNC(=O)c2ccccc2F)c1C. The molecule has 1 heterocycles. The molecule has 23 heavy (non-hydrogen) atoms. The van der Waals surface area contributed by atoms with Gasteiger partial charge >= 0.3 is 0 Å². The first kappa shape index (κ1) is 16.6. The van der Waals surface area contributed by atoms with E-state index >= 15 is 0 Å². The molecule has 0 radical (unpaired) electrons. The van der Waals surface area contributed by atoms with E-state index in [2.05, 4.69) is 15.6 Å². The van der Waals surface area contributed by atoms with Crippen molar-refractivity contribution in [2.24, 2.45) is 0 Å². The van der Waals surface area contributed by atoms with Crippen LogP contribution in [0.3, 0.4) is 0 Å².